The number of carbonyl (C=O) groups excluding carboxylic acids is 1. The summed E-state index contributed by atoms with van der Waals surface area (Å²) in [5, 5.41) is 17.5. The van der Waals surface area contributed by atoms with Gasteiger partial charge in [-0.3, -0.25) is 9.79 Å². The van der Waals surface area contributed by atoms with E-state index in [9.17, 15) is 10.1 Å². The van der Waals surface area contributed by atoms with Crippen LogP contribution in [-0.2, 0) is 16.0 Å². The molecule has 1 aliphatic heterocycles. The fourth-order valence-corrected chi connectivity index (χ4v) is 4.00. The van der Waals surface area contributed by atoms with Crippen molar-refractivity contribution in [2.24, 2.45) is 16.8 Å². The zero-order valence-corrected chi connectivity index (χ0v) is 18.9. The van der Waals surface area contributed by atoms with E-state index >= 15 is 0 Å². The summed E-state index contributed by atoms with van der Waals surface area (Å²) >= 11 is 0. The highest BCUT2D eigenvalue weighted by Gasteiger charge is 2.36. The number of ether oxygens (including phenoxy) is 1. The number of rotatable bonds is 7. The number of nitriles is 1. The van der Waals surface area contributed by atoms with Gasteiger partial charge in [-0.2, -0.15) is 10.4 Å². The molecule has 2 heterocycles. The molecule has 2 atom stereocenters. The van der Waals surface area contributed by atoms with E-state index in [1.807, 2.05) is 37.3 Å². The Labute approximate surface area is 188 Å². The fourth-order valence-electron chi connectivity index (χ4n) is 4.00. The summed E-state index contributed by atoms with van der Waals surface area (Å²) in [5.74, 6) is 1.03. The number of methoxy groups -OCH3 is 1. The van der Waals surface area contributed by atoms with Gasteiger partial charge in [-0.05, 0) is 37.8 Å². The highest BCUT2D eigenvalue weighted by atomic mass is 16.5. The van der Waals surface area contributed by atoms with Gasteiger partial charge in [0.2, 0.25) is 0 Å². The average molecular weight is 438 g/mol. The second-order valence-corrected chi connectivity index (χ2v) is 7.92. The van der Waals surface area contributed by atoms with Crippen LogP contribution in [0.1, 0.15) is 31.5 Å². The first-order valence-corrected chi connectivity index (χ1v) is 10.9. The molecule has 3 N–H and O–H groups in total. The van der Waals surface area contributed by atoms with Crippen LogP contribution in [0.2, 0.25) is 0 Å². The monoisotopic (exact) mass is 437 g/mol. The maximum Gasteiger partial charge on any atom is 0.310 e. The summed E-state index contributed by atoms with van der Waals surface area (Å²) in [5.41, 5.74) is 8.09. The first-order valence-electron chi connectivity index (χ1n) is 10.9. The molecule has 2 aromatic rings. The fraction of sp³-hybridized carbons (Fsp3) is 0.478. The van der Waals surface area contributed by atoms with Crippen molar-refractivity contribution in [2.45, 2.75) is 26.7 Å². The summed E-state index contributed by atoms with van der Waals surface area (Å²) in [4.78, 5) is 18.9. The molecule has 1 saturated heterocycles. The molecule has 9 nitrogen and oxygen atoms in total. The minimum atomic E-state index is -0.175. The molecule has 9 heteroatoms. The van der Waals surface area contributed by atoms with Gasteiger partial charge in [0, 0.05) is 26.2 Å². The second-order valence-electron chi connectivity index (χ2n) is 7.92. The molecule has 0 spiro atoms. The van der Waals surface area contributed by atoms with Crippen molar-refractivity contribution >= 4 is 17.7 Å². The van der Waals surface area contributed by atoms with Gasteiger partial charge < -0.3 is 20.7 Å². The summed E-state index contributed by atoms with van der Waals surface area (Å²) in [7, 11) is 1.43. The van der Waals surface area contributed by atoms with Crippen LogP contribution in [0.25, 0.3) is 5.69 Å². The Morgan fingerprint density at radius 2 is 2.12 bits per heavy atom. The number of nitrogens with zero attached hydrogens (tertiary/aromatic N) is 5. The van der Waals surface area contributed by atoms with Gasteiger partial charge in [0.05, 0.1) is 24.4 Å². The van der Waals surface area contributed by atoms with Crippen molar-refractivity contribution in [1.82, 2.24) is 20.0 Å². The van der Waals surface area contributed by atoms with Crippen molar-refractivity contribution < 1.29 is 9.53 Å². The number of likely N-dealkylation sites (tertiary alicyclic amines) is 1. The van der Waals surface area contributed by atoms with Crippen LogP contribution >= 0.6 is 0 Å². The first-order chi connectivity index (χ1) is 15.5. The molecule has 32 heavy (non-hydrogen) atoms. The number of anilines is 1. The molecular weight excluding hydrogens is 406 g/mol. The minimum Gasteiger partial charge on any atom is -0.469 e. The maximum absolute atomic E-state index is 12.0. The zero-order valence-electron chi connectivity index (χ0n) is 18.9. The SMILES string of the molecule is CCNC(=NCCCc1nn(-c2ccccc2)c(N)c1C#N)N1CC(C)C(C(=O)OC)C1. The number of hydrogen-bond donors (Lipinski definition) is 2. The quantitative estimate of drug-likeness (QED) is 0.294. The van der Waals surface area contributed by atoms with Gasteiger partial charge in [0.25, 0.3) is 0 Å². The van der Waals surface area contributed by atoms with Gasteiger partial charge in [-0.25, -0.2) is 4.68 Å². The zero-order chi connectivity index (χ0) is 23.1. The Morgan fingerprint density at radius 1 is 1.38 bits per heavy atom. The number of aryl methyl sites for hydroxylation is 1. The number of esters is 1. The molecule has 0 amide bonds. The lowest BCUT2D eigenvalue weighted by Gasteiger charge is -2.21. The van der Waals surface area contributed by atoms with Crippen LogP contribution in [-0.4, -0.2) is 59.9 Å². The Kier molecular flexibility index (Phi) is 7.71. The Morgan fingerprint density at radius 3 is 2.78 bits per heavy atom. The Hall–Kier alpha value is -3.54. The van der Waals surface area contributed by atoms with E-state index in [1.165, 1.54) is 7.11 Å². The lowest BCUT2D eigenvalue weighted by atomic mass is 9.99. The van der Waals surface area contributed by atoms with Crippen LogP contribution in [0.3, 0.4) is 0 Å². The maximum atomic E-state index is 12.0. The number of nitrogens with one attached hydrogen (secondary N) is 1. The third kappa shape index (κ3) is 5.02. The van der Waals surface area contributed by atoms with E-state index in [0.717, 1.165) is 31.2 Å². The second kappa shape index (κ2) is 10.7. The van der Waals surface area contributed by atoms with Crippen molar-refractivity contribution in [3.8, 4) is 11.8 Å². The third-order valence-electron chi connectivity index (χ3n) is 5.69. The number of nitrogen functional groups attached to an aromatic ring is 1. The largest absolute Gasteiger partial charge is 0.469 e. The number of benzene rings is 1. The van der Waals surface area contributed by atoms with Crippen LogP contribution in [0.5, 0.6) is 0 Å². The Bertz CT molecular complexity index is 994. The summed E-state index contributed by atoms with van der Waals surface area (Å²) in [6.45, 7) is 6.73. The number of aliphatic imine (C=N–C) groups is 1. The predicted molar refractivity (Wildman–Crippen MR) is 123 cm³/mol. The minimum absolute atomic E-state index is 0.146. The normalized spacial score (nSPS) is 18.4. The van der Waals surface area contributed by atoms with Crippen molar-refractivity contribution in [2.75, 3.05) is 39.0 Å². The van der Waals surface area contributed by atoms with Gasteiger partial charge in [0.1, 0.15) is 17.5 Å². The van der Waals surface area contributed by atoms with Gasteiger partial charge >= 0.3 is 5.97 Å². The molecule has 2 unspecified atom stereocenters. The molecule has 0 radical (unpaired) electrons. The molecular formula is C23H31N7O2. The molecule has 1 aromatic heterocycles. The molecule has 0 saturated carbocycles. The van der Waals surface area contributed by atoms with E-state index < -0.39 is 0 Å². The number of nitrogens with two attached hydrogens (primary N) is 1. The van der Waals surface area contributed by atoms with E-state index in [4.69, 9.17) is 15.5 Å². The number of carbonyl (C=O) groups is 1. The number of hydrogen-bond acceptors (Lipinski definition) is 6. The molecule has 0 bridgehead atoms. The van der Waals surface area contributed by atoms with Crippen LogP contribution in [0, 0.1) is 23.2 Å². The molecule has 170 valence electrons. The van der Waals surface area contributed by atoms with Crippen molar-refractivity contribution in [3.05, 3.63) is 41.6 Å². The lowest BCUT2D eigenvalue weighted by Crippen LogP contribution is -2.40. The first kappa shape index (κ1) is 23.1. The summed E-state index contributed by atoms with van der Waals surface area (Å²) < 4.78 is 6.55. The topological polar surface area (TPSA) is 122 Å². The molecule has 0 aliphatic carbocycles. The van der Waals surface area contributed by atoms with Crippen LogP contribution in [0.4, 0.5) is 5.82 Å². The summed E-state index contributed by atoms with van der Waals surface area (Å²) in [6.07, 6.45) is 1.32. The van der Waals surface area contributed by atoms with Gasteiger partial charge in [-0.1, -0.05) is 25.1 Å². The van der Waals surface area contributed by atoms with Crippen LogP contribution in [0.15, 0.2) is 35.3 Å². The number of aromatic nitrogens is 2. The summed E-state index contributed by atoms with van der Waals surface area (Å²) in [6, 6.07) is 11.7. The third-order valence-corrected chi connectivity index (χ3v) is 5.69. The molecule has 1 aromatic carbocycles. The molecule has 3 rings (SSSR count). The predicted octanol–water partition coefficient (Wildman–Crippen LogP) is 1.97. The van der Waals surface area contributed by atoms with E-state index in [0.29, 0.717) is 36.6 Å². The van der Waals surface area contributed by atoms with E-state index in [-0.39, 0.29) is 17.8 Å². The Balaban J connectivity index is 1.66. The number of guanidine groups is 1. The molecule has 1 aliphatic rings. The highest BCUT2D eigenvalue weighted by molar-refractivity contribution is 5.82. The molecule has 1 fully saturated rings. The van der Waals surface area contributed by atoms with E-state index in [1.54, 1.807) is 4.68 Å². The average Bonchev–Trinajstić information content (AvgIpc) is 3.35. The smallest absolute Gasteiger partial charge is 0.310 e. The van der Waals surface area contributed by atoms with Crippen LogP contribution < -0.4 is 11.1 Å². The van der Waals surface area contributed by atoms with Gasteiger partial charge in [0.15, 0.2) is 5.96 Å². The highest BCUT2D eigenvalue weighted by Crippen LogP contribution is 2.24. The standard InChI is InChI=1S/C23H31N7O2/c1-4-26-23(29-14-16(2)19(15-29)22(31)32-3)27-12-8-11-20-18(13-24)21(25)30(28-20)17-9-6-5-7-10-17/h5-7,9-10,16,19H,4,8,11-12,14-15,25H2,1-3H3,(H,26,27). The van der Waals surface area contributed by atoms with Gasteiger partial charge in [-0.15, -0.1) is 0 Å². The van der Waals surface area contributed by atoms with Crippen molar-refractivity contribution in [3.63, 3.8) is 0 Å². The van der Waals surface area contributed by atoms with E-state index in [2.05, 4.69) is 28.3 Å². The number of para-hydroxylation sites is 1. The van der Waals surface area contributed by atoms with Crippen molar-refractivity contribution in [1.29, 1.82) is 5.26 Å². The lowest BCUT2D eigenvalue weighted by molar-refractivity contribution is -0.145.